The van der Waals surface area contributed by atoms with Crippen LogP contribution in [0.3, 0.4) is 0 Å². The molecule has 0 aliphatic carbocycles. The molecule has 0 bridgehead atoms. The SMILES string of the molecule is COc1ccc(N2CCc3c(-n4ccc(N5CC[N+](C)(C(=O)O)S5)n4)cc(C)nc32)c(C)c1. The van der Waals surface area contributed by atoms with Crippen LogP contribution in [0.4, 0.5) is 22.1 Å². The summed E-state index contributed by atoms with van der Waals surface area (Å²) in [5.41, 5.74) is 5.35. The highest BCUT2D eigenvalue weighted by molar-refractivity contribution is 7.95. The first kappa shape index (κ1) is 21.6. The summed E-state index contributed by atoms with van der Waals surface area (Å²) < 4.78 is 9.10. The Balaban J connectivity index is 1.48. The monoisotopic (exact) mass is 467 g/mol. The highest BCUT2D eigenvalue weighted by atomic mass is 32.2. The van der Waals surface area contributed by atoms with Crippen LogP contribution in [-0.2, 0) is 6.42 Å². The third-order valence-electron chi connectivity index (χ3n) is 6.23. The van der Waals surface area contributed by atoms with E-state index in [9.17, 15) is 9.90 Å². The zero-order valence-corrected chi connectivity index (χ0v) is 20.0. The molecule has 0 spiro atoms. The Morgan fingerprint density at radius 2 is 2.00 bits per heavy atom. The highest BCUT2D eigenvalue weighted by Crippen LogP contribution is 2.39. The van der Waals surface area contributed by atoms with Crippen molar-refractivity contribution in [3.63, 3.8) is 0 Å². The number of likely N-dealkylation sites (N-methyl/N-ethyl adjacent to an activating group) is 1. The number of methoxy groups -OCH3 is 1. The first-order valence-electron chi connectivity index (χ1n) is 10.8. The van der Waals surface area contributed by atoms with Gasteiger partial charge in [-0.2, -0.15) is 4.79 Å². The Labute approximate surface area is 197 Å². The van der Waals surface area contributed by atoms with Gasteiger partial charge in [0.05, 0.1) is 26.4 Å². The van der Waals surface area contributed by atoms with Gasteiger partial charge in [-0.25, -0.2) is 14.0 Å². The molecule has 0 saturated carbocycles. The number of anilines is 3. The van der Waals surface area contributed by atoms with Crippen LogP contribution in [0.15, 0.2) is 36.5 Å². The van der Waals surface area contributed by atoms with Crippen molar-refractivity contribution in [2.75, 3.05) is 43.0 Å². The fourth-order valence-electron chi connectivity index (χ4n) is 4.40. The predicted molar refractivity (Wildman–Crippen MR) is 129 cm³/mol. The van der Waals surface area contributed by atoms with Crippen LogP contribution in [0.5, 0.6) is 5.75 Å². The summed E-state index contributed by atoms with van der Waals surface area (Å²) in [5, 5.41) is 14.3. The van der Waals surface area contributed by atoms with E-state index in [0.717, 1.165) is 58.5 Å². The molecular weight excluding hydrogens is 440 g/mol. The average Bonchev–Trinajstić information content (AvgIpc) is 3.52. The lowest BCUT2D eigenvalue weighted by Gasteiger charge is -2.22. The molecule has 1 aromatic carbocycles. The molecule has 1 unspecified atom stereocenters. The average molecular weight is 468 g/mol. The molecule has 33 heavy (non-hydrogen) atoms. The summed E-state index contributed by atoms with van der Waals surface area (Å²) in [5.74, 6) is 2.56. The standard InChI is InChI=1S/C23H26N6O3S/c1-15-13-17(32-4)5-6-19(15)26-9-7-18-20(14-16(2)24-22(18)26)27-10-8-21(25-27)28-11-12-29(3,33-28)23(30)31/h5-6,8,10,13-14H,7,9,11-12H2,1-4H3/p+1. The van der Waals surface area contributed by atoms with Crippen molar-refractivity contribution in [1.82, 2.24) is 14.8 Å². The van der Waals surface area contributed by atoms with Gasteiger partial charge in [0.25, 0.3) is 0 Å². The van der Waals surface area contributed by atoms with E-state index in [4.69, 9.17) is 14.8 Å². The number of ether oxygens (including phenoxy) is 1. The van der Waals surface area contributed by atoms with E-state index < -0.39 is 6.09 Å². The minimum Gasteiger partial charge on any atom is -0.497 e. The fraction of sp³-hybridized carbons (Fsp3) is 0.348. The van der Waals surface area contributed by atoms with Crippen molar-refractivity contribution in [1.29, 1.82) is 0 Å². The molecule has 10 heteroatoms. The van der Waals surface area contributed by atoms with E-state index in [2.05, 4.69) is 24.0 Å². The lowest BCUT2D eigenvalue weighted by Crippen LogP contribution is -2.39. The van der Waals surface area contributed by atoms with Gasteiger partial charge in [-0.15, -0.1) is 8.99 Å². The van der Waals surface area contributed by atoms with E-state index >= 15 is 0 Å². The van der Waals surface area contributed by atoms with Crippen LogP contribution < -0.4 is 13.9 Å². The summed E-state index contributed by atoms with van der Waals surface area (Å²) in [6.45, 7) is 6.08. The maximum Gasteiger partial charge on any atom is 0.526 e. The number of carbonyl (C=O) groups is 1. The van der Waals surface area contributed by atoms with Crippen molar-refractivity contribution in [2.24, 2.45) is 0 Å². The minimum absolute atomic E-state index is 0.104. The van der Waals surface area contributed by atoms with Crippen LogP contribution in [-0.4, -0.2) is 63.6 Å². The number of hydrogen-bond acceptors (Lipinski definition) is 7. The van der Waals surface area contributed by atoms with E-state index in [0.29, 0.717) is 13.1 Å². The maximum atomic E-state index is 11.6. The number of rotatable bonds is 4. The molecule has 1 atom stereocenters. The van der Waals surface area contributed by atoms with Gasteiger partial charge in [-0.3, -0.25) is 0 Å². The van der Waals surface area contributed by atoms with Crippen LogP contribution in [0.25, 0.3) is 5.69 Å². The van der Waals surface area contributed by atoms with Crippen molar-refractivity contribution >= 4 is 35.6 Å². The molecule has 0 radical (unpaired) electrons. The molecule has 1 N–H and O–H groups in total. The van der Waals surface area contributed by atoms with Gasteiger partial charge in [-0.1, -0.05) is 0 Å². The summed E-state index contributed by atoms with van der Waals surface area (Å²) >= 11 is 1.28. The van der Waals surface area contributed by atoms with Gasteiger partial charge in [0, 0.05) is 35.8 Å². The van der Waals surface area contributed by atoms with Crippen molar-refractivity contribution in [3.8, 4) is 11.4 Å². The Kier molecular flexibility index (Phi) is 5.21. The van der Waals surface area contributed by atoms with Gasteiger partial charge < -0.3 is 14.7 Å². The van der Waals surface area contributed by atoms with Gasteiger partial charge in [0.2, 0.25) is 12.1 Å². The molecule has 2 aliphatic heterocycles. The van der Waals surface area contributed by atoms with E-state index in [1.807, 2.05) is 40.3 Å². The van der Waals surface area contributed by atoms with E-state index in [-0.39, 0.29) is 3.89 Å². The summed E-state index contributed by atoms with van der Waals surface area (Å²) in [6, 6.07) is 10.1. The van der Waals surface area contributed by atoms with Crippen LogP contribution in [0.2, 0.25) is 0 Å². The smallest absolute Gasteiger partial charge is 0.497 e. The molecule has 3 aromatic rings. The van der Waals surface area contributed by atoms with E-state index in [1.165, 1.54) is 12.1 Å². The number of quaternary nitrogens is 1. The number of amides is 1. The van der Waals surface area contributed by atoms with E-state index in [1.54, 1.807) is 14.2 Å². The molecule has 2 aliphatic rings. The van der Waals surface area contributed by atoms with Crippen molar-refractivity contribution in [3.05, 3.63) is 53.3 Å². The quantitative estimate of drug-likeness (QED) is 0.454. The molecule has 172 valence electrons. The summed E-state index contributed by atoms with van der Waals surface area (Å²) in [7, 11) is 3.38. The second-order valence-electron chi connectivity index (χ2n) is 8.55. The number of fused-ring (bicyclic) bond motifs is 1. The first-order valence-corrected chi connectivity index (χ1v) is 11.6. The molecule has 4 heterocycles. The molecular formula is C23H27N6O3S+. The summed E-state index contributed by atoms with van der Waals surface area (Å²) in [4.78, 5) is 18.7. The van der Waals surface area contributed by atoms with Crippen molar-refractivity contribution in [2.45, 2.75) is 20.3 Å². The highest BCUT2D eigenvalue weighted by Gasteiger charge is 2.44. The fourth-order valence-corrected chi connectivity index (χ4v) is 5.42. The Morgan fingerprint density at radius 1 is 1.18 bits per heavy atom. The Hall–Kier alpha value is -3.24. The number of aromatic nitrogens is 3. The number of nitrogens with zero attached hydrogens (tertiary/aromatic N) is 6. The third kappa shape index (κ3) is 3.68. The Morgan fingerprint density at radius 3 is 2.70 bits per heavy atom. The summed E-state index contributed by atoms with van der Waals surface area (Å²) in [6.07, 6.45) is 1.96. The lowest BCUT2D eigenvalue weighted by molar-refractivity contribution is -0.687. The second kappa shape index (κ2) is 7.96. The maximum absolute atomic E-state index is 11.6. The first-order chi connectivity index (χ1) is 15.8. The zero-order chi connectivity index (χ0) is 23.3. The molecule has 1 saturated heterocycles. The topological polar surface area (TPSA) is 83.7 Å². The number of hydrogen-bond donors (Lipinski definition) is 1. The largest absolute Gasteiger partial charge is 0.526 e. The number of pyridine rings is 1. The number of carboxylic acid groups (broad SMARTS) is 1. The van der Waals surface area contributed by atoms with Gasteiger partial charge in [-0.05, 0) is 50.1 Å². The molecule has 1 fully saturated rings. The van der Waals surface area contributed by atoms with Crippen LogP contribution in [0.1, 0.15) is 16.8 Å². The normalized spacial score (nSPS) is 19.8. The molecule has 2 aromatic heterocycles. The molecule has 5 rings (SSSR count). The minimum atomic E-state index is -0.849. The lowest BCUT2D eigenvalue weighted by atomic mass is 10.1. The van der Waals surface area contributed by atoms with Gasteiger partial charge in [0.15, 0.2) is 5.82 Å². The Bertz CT molecular complexity index is 1240. The van der Waals surface area contributed by atoms with Crippen LogP contribution in [0, 0.1) is 13.8 Å². The van der Waals surface area contributed by atoms with Crippen LogP contribution >= 0.6 is 12.1 Å². The second-order valence-corrected chi connectivity index (χ2v) is 9.96. The number of benzene rings is 1. The van der Waals surface area contributed by atoms with Gasteiger partial charge in [0.1, 0.15) is 18.1 Å². The van der Waals surface area contributed by atoms with Crippen molar-refractivity contribution < 1.29 is 18.5 Å². The predicted octanol–water partition coefficient (Wildman–Crippen LogP) is 4.09. The molecule has 1 amide bonds. The molecule has 9 nitrogen and oxygen atoms in total. The zero-order valence-electron chi connectivity index (χ0n) is 19.1. The number of aryl methyl sites for hydroxylation is 2. The third-order valence-corrected chi connectivity index (χ3v) is 7.50. The van der Waals surface area contributed by atoms with Gasteiger partial charge >= 0.3 is 6.09 Å².